The maximum Gasteiger partial charge on any atom is 0.303 e. The van der Waals surface area contributed by atoms with Crippen LogP contribution in [0.4, 0.5) is 0 Å². The van der Waals surface area contributed by atoms with Gasteiger partial charge in [-0.25, -0.2) is 0 Å². The Labute approximate surface area is 145 Å². The molecule has 0 saturated carbocycles. The summed E-state index contributed by atoms with van der Waals surface area (Å²) in [6.07, 6.45) is 3.26. The van der Waals surface area contributed by atoms with Crippen molar-refractivity contribution in [3.63, 3.8) is 0 Å². The first-order chi connectivity index (χ1) is 12.1. The van der Waals surface area contributed by atoms with Crippen molar-refractivity contribution in [1.82, 2.24) is 15.1 Å². The van der Waals surface area contributed by atoms with Gasteiger partial charge >= 0.3 is 5.97 Å². The fourth-order valence-corrected chi connectivity index (χ4v) is 2.33. The molecule has 1 aromatic carbocycles. The largest absolute Gasteiger partial charge is 0.481 e. The maximum atomic E-state index is 12.2. The highest BCUT2D eigenvalue weighted by Gasteiger charge is 2.10. The normalized spacial score (nSPS) is 10.4. The number of carbonyl (C=O) groups is 2. The summed E-state index contributed by atoms with van der Waals surface area (Å²) in [7, 11) is 0. The first-order valence-electron chi connectivity index (χ1n) is 8.24. The molecule has 0 bridgehead atoms. The fourth-order valence-electron chi connectivity index (χ4n) is 2.33. The summed E-state index contributed by atoms with van der Waals surface area (Å²) in [5, 5.41) is 15.4. The van der Waals surface area contributed by atoms with Gasteiger partial charge in [-0.1, -0.05) is 31.0 Å². The summed E-state index contributed by atoms with van der Waals surface area (Å²) in [6, 6.07) is 11.6. The van der Waals surface area contributed by atoms with Crippen molar-refractivity contribution < 1.29 is 14.7 Å². The van der Waals surface area contributed by atoms with E-state index < -0.39 is 5.97 Å². The highest BCUT2D eigenvalue weighted by Crippen LogP contribution is 2.04. The molecule has 0 unspecified atom stereocenters. The van der Waals surface area contributed by atoms with Gasteiger partial charge in [0.1, 0.15) is 5.69 Å². The van der Waals surface area contributed by atoms with E-state index in [-0.39, 0.29) is 23.6 Å². The zero-order valence-corrected chi connectivity index (χ0v) is 13.9. The second kappa shape index (κ2) is 9.36. The van der Waals surface area contributed by atoms with E-state index in [1.165, 1.54) is 16.8 Å². The molecule has 0 saturated heterocycles. The number of carbonyl (C=O) groups excluding carboxylic acids is 1. The second-order valence-corrected chi connectivity index (χ2v) is 5.62. The highest BCUT2D eigenvalue weighted by molar-refractivity contribution is 5.92. The molecule has 0 aliphatic heterocycles. The summed E-state index contributed by atoms with van der Waals surface area (Å²) >= 11 is 0. The van der Waals surface area contributed by atoms with Crippen molar-refractivity contribution in [2.45, 2.75) is 32.1 Å². The predicted octanol–water partition coefficient (Wildman–Crippen LogP) is 2.00. The fraction of sp³-hybridized carbons (Fsp3) is 0.333. The van der Waals surface area contributed by atoms with Crippen LogP contribution in [0.25, 0.3) is 5.69 Å². The van der Waals surface area contributed by atoms with Crippen LogP contribution in [-0.4, -0.2) is 33.3 Å². The molecule has 0 aliphatic rings. The van der Waals surface area contributed by atoms with Crippen LogP contribution in [0.1, 0.15) is 42.6 Å². The number of carboxylic acids is 1. The number of aliphatic carboxylic acids is 1. The molecular formula is C18H21N3O4. The molecule has 1 aromatic heterocycles. The molecule has 7 nitrogen and oxygen atoms in total. The number of amides is 1. The second-order valence-electron chi connectivity index (χ2n) is 5.62. The van der Waals surface area contributed by atoms with Gasteiger partial charge in [0.05, 0.1) is 5.69 Å². The average molecular weight is 343 g/mol. The monoisotopic (exact) mass is 343 g/mol. The van der Waals surface area contributed by atoms with E-state index >= 15 is 0 Å². The molecule has 0 fully saturated rings. The lowest BCUT2D eigenvalue weighted by Gasteiger charge is -2.07. The lowest BCUT2D eigenvalue weighted by Crippen LogP contribution is -2.29. The van der Waals surface area contributed by atoms with E-state index in [0.717, 1.165) is 19.3 Å². The van der Waals surface area contributed by atoms with Crippen molar-refractivity contribution >= 4 is 11.9 Å². The van der Waals surface area contributed by atoms with Crippen molar-refractivity contribution in [2.24, 2.45) is 0 Å². The molecule has 1 amide bonds. The number of nitrogens with zero attached hydrogens (tertiary/aromatic N) is 2. The Morgan fingerprint density at radius 2 is 1.72 bits per heavy atom. The van der Waals surface area contributed by atoms with E-state index in [0.29, 0.717) is 18.7 Å². The molecule has 25 heavy (non-hydrogen) atoms. The van der Waals surface area contributed by atoms with Gasteiger partial charge in [0.25, 0.3) is 11.5 Å². The van der Waals surface area contributed by atoms with Crippen LogP contribution in [-0.2, 0) is 4.79 Å². The third kappa shape index (κ3) is 5.87. The Bertz CT molecular complexity index is 771. The average Bonchev–Trinajstić information content (AvgIpc) is 2.61. The quantitative estimate of drug-likeness (QED) is 0.678. The molecule has 0 radical (unpaired) electrons. The Hall–Kier alpha value is -2.96. The zero-order chi connectivity index (χ0) is 18.1. The van der Waals surface area contributed by atoms with Crippen LogP contribution < -0.4 is 10.9 Å². The first kappa shape index (κ1) is 18.4. The molecule has 2 N–H and O–H groups in total. The minimum Gasteiger partial charge on any atom is -0.481 e. The third-order valence-electron chi connectivity index (χ3n) is 3.64. The van der Waals surface area contributed by atoms with Crippen LogP contribution >= 0.6 is 0 Å². The Morgan fingerprint density at radius 3 is 2.44 bits per heavy atom. The SMILES string of the molecule is O=C(O)CCCCCCNC(=O)c1ccc(=O)n(-c2ccccc2)n1. The maximum absolute atomic E-state index is 12.2. The Balaban J connectivity index is 1.86. The highest BCUT2D eigenvalue weighted by atomic mass is 16.4. The summed E-state index contributed by atoms with van der Waals surface area (Å²) in [4.78, 5) is 34.5. The number of rotatable bonds is 9. The summed E-state index contributed by atoms with van der Waals surface area (Å²) in [5.74, 6) is -1.12. The van der Waals surface area contributed by atoms with Gasteiger partial charge in [-0.2, -0.15) is 9.78 Å². The van der Waals surface area contributed by atoms with Crippen molar-refractivity contribution in [3.8, 4) is 5.69 Å². The minimum absolute atomic E-state index is 0.175. The Kier molecular flexibility index (Phi) is 6.88. The van der Waals surface area contributed by atoms with E-state index in [1.54, 1.807) is 24.3 Å². The van der Waals surface area contributed by atoms with E-state index in [9.17, 15) is 14.4 Å². The molecule has 0 atom stereocenters. The molecular weight excluding hydrogens is 322 g/mol. The molecule has 1 heterocycles. The number of hydrogen-bond acceptors (Lipinski definition) is 4. The van der Waals surface area contributed by atoms with Crippen LogP contribution in [0.3, 0.4) is 0 Å². The standard InChI is InChI=1S/C18H21N3O4/c22-16-12-11-15(20-21(16)14-8-4-3-5-9-14)18(25)19-13-7-2-1-6-10-17(23)24/h3-5,8-9,11-12H,1-2,6-7,10,13H2,(H,19,25)(H,23,24). The van der Waals surface area contributed by atoms with Gasteiger partial charge in [-0.05, 0) is 31.0 Å². The van der Waals surface area contributed by atoms with Gasteiger partial charge < -0.3 is 10.4 Å². The smallest absolute Gasteiger partial charge is 0.303 e. The third-order valence-corrected chi connectivity index (χ3v) is 3.64. The molecule has 2 rings (SSSR count). The Morgan fingerprint density at radius 1 is 1.00 bits per heavy atom. The summed E-state index contributed by atoms with van der Waals surface area (Å²) in [6.45, 7) is 0.484. The van der Waals surface area contributed by atoms with Crippen LogP contribution in [0.2, 0.25) is 0 Å². The van der Waals surface area contributed by atoms with Gasteiger partial charge in [0, 0.05) is 19.0 Å². The van der Waals surface area contributed by atoms with Gasteiger partial charge in [-0.3, -0.25) is 14.4 Å². The number of nitrogens with one attached hydrogen (secondary N) is 1. The topological polar surface area (TPSA) is 101 Å². The van der Waals surface area contributed by atoms with Crippen molar-refractivity contribution in [2.75, 3.05) is 6.54 Å². The van der Waals surface area contributed by atoms with Crippen molar-refractivity contribution in [3.05, 3.63) is 58.5 Å². The van der Waals surface area contributed by atoms with E-state index in [1.807, 2.05) is 6.07 Å². The molecule has 2 aromatic rings. The lowest BCUT2D eigenvalue weighted by atomic mass is 10.1. The summed E-state index contributed by atoms with van der Waals surface area (Å²) in [5.41, 5.74) is 0.469. The van der Waals surface area contributed by atoms with Crippen LogP contribution in [0, 0.1) is 0 Å². The number of hydrogen-bond donors (Lipinski definition) is 2. The number of unbranched alkanes of at least 4 members (excludes halogenated alkanes) is 3. The van der Waals surface area contributed by atoms with Crippen LogP contribution in [0.5, 0.6) is 0 Å². The van der Waals surface area contributed by atoms with Gasteiger partial charge in [0.2, 0.25) is 0 Å². The van der Waals surface area contributed by atoms with Crippen LogP contribution in [0.15, 0.2) is 47.3 Å². The lowest BCUT2D eigenvalue weighted by molar-refractivity contribution is -0.137. The first-order valence-corrected chi connectivity index (χ1v) is 8.24. The van der Waals surface area contributed by atoms with E-state index in [4.69, 9.17) is 5.11 Å². The van der Waals surface area contributed by atoms with Crippen molar-refractivity contribution in [1.29, 1.82) is 0 Å². The number of carboxylic acid groups (broad SMARTS) is 1. The predicted molar refractivity (Wildman–Crippen MR) is 92.9 cm³/mol. The van der Waals surface area contributed by atoms with Gasteiger partial charge in [-0.15, -0.1) is 0 Å². The molecule has 0 aliphatic carbocycles. The number of benzene rings is 1. The minimum atomic E-state index is -0.784. The summed E-state index contributed by atoms with van der Waals surface area (Å²) < 4.78 is 1.20. The number of aromatic nitrogens is 2. The van der Waals surface area contributed by atoms with Gasteiger partial charge in [0.15, 0.2) is 0 Å². The van der Waals surface area contributed by atoms with E-state index in [2.05, 4.69) is 10.4 Å². The zero-order valence-electron chi connectivity index (χ0n) is 13.9. The molecule has 0 spiro atoms. The number of para-hydroxylation sites is 1. The molecule has 7 heteroatoms. The molecule has 132 valence electrons.